The summed E-state index contributed by atoms with van der Waals surface area (Å²) in [6, 6.07) is 0. The molecule has 0 saturated heterocycles. The highest BCUT2D eigenvalue weighted by molar-refractivity contribution is 5.75. The summed E-state index contributed by atoms with van der Waals surface area (Å²) in [5.74, 6) is -0.101. The molecule has 5 nitrogen and oxygen atoms in total. The van der Waals surface area contributed by atoms with Crippen molar-refractivity contribution >= 4 is 5.91 Å². The van der Waals surface area contributed by atoms with Crippen molar-refractivity contribution in [2.45, 2.75) is 83.0 Å². The van der Waals surface area contributed by atoms with Gasteiger partial charge in [-0.2, -0.15) is 0 Å². The lowest BCUT2D eigenvalue weighted by molar-refractivity contribution is -0.120. The summed E-state index contributed by atoms with van der Waals surface area (Å²) in [5.41, 5.74) is 0. The van der Waals surface area contributed by atoms with E-state index in [4.69, 9.17) is 0 Å². The third-order valence-corrected chi connectivity index (χ3v) is 5.20. The SMILES string of the molecule is CCCCCC(O)/C=C/C1C(O)CC(O)C1C/C=C/CCCC(=O)NC. The Morgan fingerprint density at radius 2 is 1.96 bits per heavy atom. The van der Waals surface area contributed by atoms with Crippen LogP contribution < -0.4 is 5.32 Å². The molecule has 0 spiro atoms. The molecule has 4 N–H and O–H groups in total. The van der Waals surface area contributed by atoms with Crippen molar-refractivity contribution < 1.29 is 20.1 Å². The zero-order valence-corrected chi connectivity index (χ0v) is 16.3. The summed E-state index contributed by atoms with van der Waals surface area (Å²) in [6.07, 6.45) is 13.4. The molecule has 0 aromatic rings. The number of nitrogens with one attached hydrogen (secondary N) is 1. The Balaban J connectivity index is 2.44. The van der Waals surface area contributed by atoms with Crippen LogP contribution in [0.5, 0.6) is 0 Å². The minimum absolute atomic E-state index is 0.0284. The lowest BCUT2D eigenvalue weighted by Gasteiger charge is -2.19. The third kappa shape index (κ3) is 8.47. The van der Waals surface area contributed by atoms with Crippen molar-refractivity contribution in [2.24, 2.45) is 11.8 Å². The third-order valence-electron chi connectivity index (χ3n) is 5.20. The van der Waals surface area contributed by atoms with Gasteiger partial charge in [0.2, 0.25) is 5.91 Å². The molecule has 0 aromatic carbocycles. The molecular weight excluding hydrogens is 330 g/mol. The van der Waals surface area contributed by atoms with Crippen molar-refractivity contribution in [2.75, 3.05) is 7.05 Å². The molecular formula is C21H37NO4. The van der Waals surface area contributed by atoms with Crippen LogP contribution in [0.4, 0.5) is 0 Å². The van der Waals surface area contributed by atoms with Gasteiger partial charge in [-0.3, -0.25) is 4.79 Å². The number of allylic oxidation sites excluding steroid dienone is 2. The fourth-order valence-corrected chi connectivity index (χ4v) is 3.54. The normalized spacial score (nSPS) is 27.4. The summed E-state index contributed by atoms with van der Waals surface area (Å²) in [5, 5.41) is 33.1. The number of carbonyl (C=O) groups excluding carboxylic acids is 1. The topological polar surface area (TPSA) is 89.8 Å². The molecule has 26 heavy (non-hydrogen) atoms. The number of aliphatic hydroxyl groups is 3. The number of carbonyl (C=O) groups is 1. The quantitative estimate of drug-likeness (QED) is 0.315. The summed E-state index contributed by atoms with van der Waals surface area (Å²) in [4.78, 5) is 11.2. The Kier molecular flexibility index (Phi) is 11.5. The lowest BCUT2D eigenvalue weighted by Crippen LogP contribution is -2.20. The van der Waals surface area contributed by atoms with Crippen LogP contribution in [0, 0.1) is 11.8 Å². The molecule has 150 valence electrons. The highest BCUT2D eigenvalue weighted by Crippen LogP contribution is 2.36. The first-order valence-corrected chi connectivity index (χ1v) is 10.1. The standard InChI is InChI=1S/C21H37NO4/c1-3-4-7-10-16(23)13-14-18-17(19(24)15-20(18)25)11-8-5-6-9-12-21(26)22-2/h5,8,13-14,16-20,23-25H,3-4,6-7,9-12,15H2,1-2H3,(H,22,26)/b8-5+,14-13+. The smallest absolute Gasteiger partial charge is 0.219 e. The first kappa shape index (κ1) is 22.9. The molecule has 1 amide bonds. The van der Waals surface area contributed by atoms with Gasteiger partial charge in [0, 0.05) is 25.8 Å². The predicted octanol–water partition coefficient (Wildman–Crippen LogP) is 2.70. The molecule has 0 heterocycles. The second-order valence-electron chi connectivity index (χ2n) is 7.33. The van der Waals surface area contributed by atoms with E-state index in [1.807, 2.05) is 18.2 Å². The van der Waals surface area contributed by atoms with Crippen molar-refractivity contribution in [1.29, 1.82) is 0 Å². The van der Waals surface area contributed by atoms with Crippen molar-refractivity contribution in [3.8, 4) is 0 Å². The zero-order chi connectivity index (χ0) is 19.4. The van der Waals surface area contributed by atoms with Gasteiger partial charge < -0.3 is 20.6 Å². The van der Waals surface area contributed by atoms with Crippen LogP contribution in [-0.4, -0.2) is 46.6 Å². The maximum Gasteiger partial charge on any atom is 0.219 e. The van der Waals surface area contributed by atoms with E-state index in [0.717, 1.165) is 38.5 Å². The van der Waals surface area contributed by atoms with Gasteiger partial charge in [0.25, 0.3) is 0 Å². The molecule has 1 aliphatic carbocycles. The minimum Gasteiger partial charge on any atom is -0.393 e. The molecule has 0 radical (unpaired) electrons. The molecule has 1 fully saturated rings. The fourth-order valence-electron chi connectivity index (χ4n) is 3.54. The van der Waals surface area contributed by atoms with E-state index >= 15 is 0 Å². The van der Waals surface area contributed by atoms with E-state index in [9.17, 15) is 20.1 Å². The van der Waals surface area contributed by atoms with Crippen LogP contribution in [0.1, 0.15) is 64.7 Å². The van der Waals surface area contributed by atoms with E-state index in [2.05, 4.69) is 12.2 Å². The van der Waals surface area contributed by atoms with Gasteiger partial charge in [0.05, 0.1) is 18.3 Å². The van der Waals surface area contributed by atoms with E-state index in [-0.39, 0.29) is 17.7 Å². The Labute approximate surface area is 158 Å². The molecule has 1 saturated carbocycles. The summed E-state index contributed by atoms with van der Waals surface area (Å²) in [6.45, 7) is 2.13. The van der Waals surface area contributed by atoms with Crippen LogP contribution in [0.25, 0.3) is 0 Å². The van der Waals surface area contributed by atoms with Gasteiger partial charge in [0.15, 0.2) is 0 Å². The maximum absolute atomic E-state index is 11.2. The van der Waals surface area contributed by atoms with Crippen LogP contribution in [0.15, 0.2) is 24.3 Å². The highest BCUT2D eigenvalue weighted by atomic mass is 16.3. The average Bonchev–Trinajstić information content (AvgIpc) is 2.89. The van der Waals surface area contributed by atoms with E-state index in [0.29, 0.717) is 19.3 Å². The molecule has 0 aromatic heterocycles. The zero-order valence-electron chi connectivity index (χ0n) is 16.3. The number of rotatable bonds is 12. The van der Waals surface area contributed by atoms with Crippen LogP contribution in [0.2, 0.25) is 0 Å². The Bertz CT molecular complexity index is 449. The number of amides is 1. The largest absolute Gasteiger partial charge is 0.393 e. The van der Waals surface area contributed by atoms with E-state index in [1.165, 1.54) is 0 Å². The molecule has 5 atom stereocenters. The molecule has 5 heteroatoms. The number of hydrogen-bond donors (Lipinski definition) is 4. The van der Waals surface area contributed by atoms with Crippen molar-refractivity contribution in [1.82, 2.24) is 5.32 Å². The Hall–Kier alpha value is -1.17. The number of unbranched alkanes of at least 4 members (excludes halogenated alkanes) is 3. The first-order chi connectivity index (χ1) is 12.5. The summed E-state index contributed by atoms with van der Waals surface area (Å²) >= 11 is 0. The molecule has 1 aliphatic rings. The number of hydrogen-bond acceptors (Lipinski definition) is 4. The van der Waals surface area contributed by atoms with E-state index < -0.39 is 18.3 Å². The minimum atomic E-state index is -0.559. The summed E-state index contributed by atoms with van der Waals surface area (Å²) < 4.78 is 0. The Morgan fingerprint density at radius 1 is 1.19 bits per heavy atom. The molecule has 0 aliphatic heterocycles. The first-order valence-electron chi connectivity index (χ1n) is 10.1. The van der Waals surface area contributed by atoms with Crippen LogP contribution >= 0.6 is 0 Å². The van der Waals surface area contributed by atoms with Gasteiger partial charge in [0.1, 0.15) is 0 Å². The number of aliphatic hydroxyl groups excluding tert-OH is 3. The molecule has 5 unspecified atom stereocenters. The van der Waals surface area contributed by atoms with Gasteiger partial charge >= 0.3 is 0 Å². The van der Waals surface area contributed by atoms with Gasteiger partial charge in [-0.25, -0.2) is 0 Å². The maximum atomic E-state index is 11.2. The van der Waals surface area contributed by atoms with Crippen molar-refractivity contribution in [3.05, 3.63) is 24.3 Å². The second-order valence-corrected chi connectivity index (χ2v) is 7.33. The van der Waals surface area contributed by atoms with Crippen LogP contribution in [-0.2, 0) is 4.79 Å². The van der Waals surface area contributed by atoms with Gasteiger partial charge in [-0.1, -0.05) is 50.5 Å². The van der Waals surface area contributed by atoms with Crippen LogP contribution in [0.3, 0.4) is 0 Å². The molecule has 1 rings (SSSR count). The Morgan fingerprint density at radius 3 is 2.65 bits per heavy atom. The van der Waals surface area contributed by atoms with Crippen molar-refractivity contribution in [3.63, 3.8) is 0 Å². The second kappa shape index (κ2) is 13.1. The predicted molar refractivity (Wildman–Crippen MR) is 105 cm³/mol. The van der Waals surface area contributed by atoms with E-state index in [1.54, 1.807) is 13.1 Å². The highest BCUT2D eigenvalue weighted by Gasteiger charge is 2.39. The fraction of sp³-hybridized carbons (Fsp3) is 0.762. The molecule has 0 bridgehead atoms. The monoisotopic (exact) mass is 367 g/mol. The average molecular weight is 368 g/mol. The van der Waals surface area contributed by atoms with Gasteiger partial charge in [-0.15, -0.1) is 0 Å². The summed E-state index contributed by atoms with van der Waals surface area (Å²) in [7, 11) is 1.64. The lowest BCUT2D eigenvalue weighted by atomic mass is 9.89. The van der Waals surface area contributed by atoms with Gasteiger partial charge in [-0.05, 0) is 31.6 Å².